The molecule has 1 aromatic rings. The van der Waals surface area contributed by atoms with Gasteiger partial charge in [-0.2, -0.15) is 0 Å². The van der Waals surface area contributed by atoms with Gasteiger partial charge in [-0.15, -0.1) is 0 Å². The maximum Gasteiger partial charge on any atom is 0.0600 e. The molecule has 0 fully saturated rings. The highest BCUT2D eigenvalue weighted by atomic mass is 79.9. The lowest BCUT2D eigenvalue weighted by Crippen LogP contribution is -2.32. The molecular weight excluding hydrogens is 288 g/mol. The lowest BCUT2D eigenvalue weighted by atomic mass is 10.1. The van der Waals surface area contributed by atoms with Crippen molar-refractivity contribution in [2.45, 2.75) is 34.1 Å². The van der Waals surface area contributed by atoms with E-state index >= 15 is 0 Å². The van der Waals surface area contributed by atoms with Crippen LogP contribution in [0.25, 0.3) is 0 Å². The molecule has 18 heavy (non-hydrogen) atoms. The average Bonchev–Trinajstić information content (AvgIpc) is 2.27. The Balaban J connectivity index is 2.93. The number of hydrogen-bond donors (Lipinski definition) is 1. The van der Waals surface area contributed by atoms with Crippen molar-refractivity contribution in [1.82, 2.24) is 0 Å². The fraction of sp³-hybridized carbons (Fsp3) is 0.600. The molecule has 0 radical (unpaired) electrons. The number of rotatable bonds is 6. The molecule has 0 aromatic heterocycles. The Morgan fingerprint density at radius 1 is 1.22 bits per heavy atom. The van der Waals surface area contributed by atoms with Crippen LogP contribution < -0.4 is 10.6 Å². The first-order chi connectivity index (χ1) is 8.43. The zero-order chi connectivity index (χ0) is 13.7. The molecule has 0 aliphatic rings. The Kier molecular flexibility index (Phi) is 6.00. The van der Waals surface area contributed by atoms with Gasteiger partial charge in [0.2, 0.25) is 0 Å². The second-order valence-corrected chi connectivity index (χ2v) is 6.43. The van der Waals surface area contributed by atoms with Gasteiger partial charge in [0, 0.05) is 17.6 Å². The summed E-state index contributed by atoms with van der Waals surface area (Å²) in [6, 6.07) is 6.17. The van der Waals surface area contributed by atoms with Crippen LogP contribution in [0.3, 0.4) is 0 Å². The van der Waals surface area contributed by atoms with Crippen LogP contribution in [0.5, 0.6) is 0 Å². The van der Waals surface area contributed by atoms with Crippen molar-refractivity contribution in [3.8, 4) is 0 Å². The van der Waals surface area contributed by atoms with Gasteiger partial charge >= 0.3 is 0 Å². The fourth-order valence-corrected chi connectivity index (χ4v) is 2.41. The number of nitrogen functional groups attached to an aromatic ring is 1. The van der Waals surface area contributed by atoms with E-state index in [1.807, 2.05) is 6.07 Å². The lowest BCUT2D eigenvalue weighted by molar-refractivity contribution is 0.513. The van der Waals surface area contributed by atoms with Crippen LogP contribution in [-0.2, 0) is 0 Å². The SMILES string of the molecule is CCC(C)CN(CC(C)C)c1ccc(Br)cc1N. The molecule has 0 bridgehead atoms. The van der Waals surface area contributed by atoms with Gasteiger partial charge in [0.25, 0.3) is 0 Å². The fourth-order valence-electron chi connectivity index (χ4n) is 2.03. The molecule has 2 nitrogen and oxygen atoms in total. The van der Waals surface area contributed by atoms with E-state index in [9.17, 15) is 0 Å². The summed E-state index contributed by atoms with van der Waals surface area (Å²) in [5.74, 6) is 1.32. The third kappa shape index (κ3) is 4.52. The first-order valence-corrected chi connectivity index (χ1v) is 7.53. The zero-order valence-corrected chi connectivity index (χ0v) is 13.5. The predicted octanol–water partition coefficient (Wildman–Crippen LogP) is 4.54. The topological polar surface area (TPSA) is 29.3 Å². The third-order valence-electron chi connectivity index (χ3n) is 3.14. The Labute approximate surface area is 120 Å². The minimum atomic E-state index is 0.636. The number of nitrogens with two attached hydrogens (primary N) is 1. The normalized spacial score (nSPS) is 12.8. The monoisotopic (exact) mass is 312 g/mol. The summed E-state index contributed by atoms with van der Waals surface area (Å²) < 4.78 is 1.04. The van der Waals surface area contributed by atoms with Crippen LogP contribution in [0.15, 0.2) is 22.7 Å². The predicted molar refractivity (Wildman–Crippen MR) is 85.1 cm³/mol. The van der Waals surface area contributed by atoms with Crippen molar-refractivity contribution in [1.29, 1.82) is 0 Å². The molecule has 0 saturated carbocycles. The minimum absolute atomic E-state index is 0.636. The van der Waals surface area contributed by atoms with E-state index in [0.717, 1.165) is 28.9 Å². The lowest BCUT2D eigenvalue weighted by Gasteiger charge is -2.30. The van der Waals surface area contributed by atoms with Gasteiger partial charge in [-0.05, 0) is 30.0 Å². The molecule has 0 heterocycles. The maximum atomic E-state index is 6.14. The van der Waals surface area contributed by atoms with Crippen LogP contribution in [-0.4, -0.2) is 13.1 Å². The van der Waals surface area contributed by atoms with Crippen molar-refractivity contribution in [2.75, 3.05) is 23.7 Å². The van der Waals surface area contributed by atoms with Crippen LogP contribution in [0.2, 0.25) is 0 Å². The molecular formula is C15H25BrN2. The smallest absolute Gasteiger partial charge is 0.0600 e. The number of nitrogens with zero attached hydrogens (tertiary/aromatic N) is 1. The van der Waals surface area contributed by atoms with Crippen LogP contribution in [0.1, 0.15) is 34.1 Å². The standard InChI is InChI=1S/C15H25BrN2/c1-5-12(4)10-18(9-11(2)3)15-7-6-13(16)8-14(15)17/h6-8,11-12H,5,9-10,17H2,1-4H3. The van der Waals surface area contributed by atoms with Gasteiger partial charge in [0.1, 0.15) is 0 Å². The largest absolute Gasteiger partial charge is 0.397 e. The molecule has 0 aliphatic carbocycles. The molecule has 0 spiro atoms. The third-order valence-corrected chi connectivity index (χ3v) is 3.64. The first-order valence-electron chi connectivity index (χ1n) is 6.74. The highest BCUT2D eigenvalue weighted by Crippen LogP contribution is 2.28. The van der Waals surface area contributed by atoms with E-state index in [0.29, 0.717) is 11.8 Å². The van der Waals surface area contributed by atoms with Crippen molar-refractivity contribution < 1.29 is 0 Å². The highest BCUT2D eigenvalue weighted by Gasteiger charge is 2.14. The van der Waals surface area contributed by atoms with Crippen molar-refractivity contribution in [3.63, 3.8) is 0 Å². The molecule has 1 atom stereocenters. The Morgan fingerprint density at radius 3 is 2.39 bits per heavy atom. The van der Waals surface area contributed by atoms with Crippen LogP contribution in [0, 0.1) is 11.8 Å². The molecule has 1 aromatic carbocycles. The molecule has 1 rings (SSSR count). The summed E-state index contributed by atoms with van der Waals surface area (Å²) in [5, 5.41) is 0. The van der Waals surface area contributed by atoms with E-state index in [4.69, 9.17) is 5.73 Å². The first kappa shape index (κ1) is 15.4. The van der Waals surface area contributed by atoms with Crippen LogP contribution >= 0.6 is 15.9 Å². The van der Waals surface area contributed by atoms with Crippen LogP contribution in [0.4, 0.5) is 11.4 Å². The van der Waals surface area contributed by atoms with Gasteiger partial charge in [0.15, 0.2) is 0 Å². The molecule has 0 saturated heterocycles. The van der Waals surface area contributed by atoms with E-state index in [1.165, 1.54) is 6.42 Å². The van der Waals surface area contributed by atoms with Gasteiger partial charge in [-0.1, -0.05) is 50.0 Å². The number of halogens is 1. The van der Waals surface area contributed by atoms with Crippen molar-refractivity contribution in [3.05, 3.63) is 22.7 Å². The van der Waals surface area contributed by atoms with Crippen molar-refractivity contribution >= 4 is 27.3 Å². The molecule has 0 amide bonds. The zero-order valence-electron chi connectivity index (χ0n) is 11.9. The number of hydrogen-bond acceptors (Lipinski definition) is 2. The highest BCUT2D eigenvalue weighted by molar-refractivity contribution is 9.10. The number of anilines is 2. The summed E-state index contributed by atoms with van der Waals surface area (Å²) in [5.41, 5.74) is 8.16. The van der Waals surface area contributed by atoms with E-state index in [1.54, 1.807) is 0 Å². The molecule has 3 heteroatoms. The minimum Gasteiger partial charge on any atom is -0.397 e. The van der Waals surface area contributed by atoms with Crippen molar-refractivity contribution in [2.24, 2.45) is 11.8 Å². The summed E-state index contributed by atoms with van der Waals surface area (Å²) >= 11 is 3.46. The van der Waals surface area contributed by atoms with Gasteiger partial charge in [-0.25, -0.2) is 0 Å². The van der Waals surface area contributed by atoms with Gasteiger partial charge in [0.05, 0.1) is 11.4 Å². The summed E-state index contributed by atoms with van der Waals surface area (Å²) in [6.07, 6.45) is 1.20. The second kappa shape index (κ2) is 7.03. The Hall–Kier alpha value is -0.700. The molecule has 1 unspecified atom stereocenters. The van der Waals surface area contributed by atoms with E-state index in [-0.39, 0.29) is 0 Å². The maximum absolute atomic E-state index is 6.14. The molecule has 0 aliphatic heterocycles. The molecule has 2 N–H and O–H groups in total. The Morgan fingerprint density at radius 2 is 1.89 bits per heavy atom. The summed E-state index contributed by atoms with van der Waals surface area (Å²) in [7, 11) is 0. The average molecular weight is 313 g/mol. The summed E-state index contributed by atoms with van der Waals surface area (Å²) in [6.45, 7) is 11.2. The van der Waals surface area contributed by atoms with Gasteiger partial charge in [-0.3, -0.25) is 0 Å². The van der Waals surface area contributed by atoms with E-state index in [2.05, 4.69) is 60.7 Å². The summed E-state index contributed by atoms with van der Waals surface area (Å²) in [4.78, 5) is 2.42. The number of benzene rings is 1. The quantitative estimate of drug-likeness (QED) is 0.781. The van der Waals surface area contributed by atoms with Gasteiger partial charge < -0.3 is 10.6 Å². The van der Waals surface area contributed by atoms with E-state index < -0.39 is 0 Å². The molecule has 102 valence electrons. The second-order valence-electron chi connectivity index (χ2n) is 5.52. The Bertz CT molecular complexity index is 377.